The summed E-state index contributed by atoms with van der Waals surface area (Å²) in [4.78, 5) is 33.1. The zero-order valence-electron chi connectivity index (χ0n) is 14.8. The number of carbonyl (C=O) groups excluding carboxylic acids is 1. The van der Waals surface area contributed by atoms with Crippen LogP contribution in [-0.4, -0.2) is 42.6 Å². The highest BCUT2D eigenvalue weighted by Gasteiger charge is 2.26. The fourth-order valence-electron chi connectivity index (χ4n) is 2.40. The van der Waals surface area contributed by atoms with Crippen molar-refractivity contribution in [1.29, 1.82) is 0 Å². The molecule has 2 aromatic heterocycles. The van der Waals surface area contributed by atoms with Gasteiger partial charge in [0.1, 0.15) is 11.4 Å². The number of hydrogen-bond acceptors (Lipinski definition) is 6. The summed E-state index contributed by atoms with van der Waals surface area (Å²) in [6, 6.07) is 6.25. The molecule has 140 valence electrons. The van der Waals surface area contributed by atoms with Gasteiger partial charge in [-0.15, -0.1) is 0 Å². The summed E-state index contributed by atoms with van der Waals surface area (Å²) in [5.41, 5.74) is 0.0670. The molecule has 0 aliphatic heterocycles. The van der Waals surface area contributed by atoms with E-state index >= 15 is 0 Å². The molecular formula is C17H16ClN5O4. The topological polar surface area (TPSA) is 110 Å². The predicted octanol–water partition coefficient (Wildman–Crippen LogP) is 4.08. The van der Waals surface area contributed by atoms with Gasteiger partial charge in [0.15, 0.2) is 0 Å². The first kappa shape index (κ1) is 18.6. The molecule has 0 spiro atoms. The highest BCUT2D eigenvalue weighted by Crippen LogP contribution is 2.29. The van der Waals surface area contributed by atoms with Gasteiger partial charge in [-0.3, -0.25) is 0 Å². The lowest BCUT2D eigenvalue weighted by Gasteiger charge is -2.26. The number of rotatable bonds is 2. The second-order valence-electron chi connectivity index (χ2n) is 6.58. The van der Waals surface area contributed by atoms with Crippen molar-refractivity contribution in [3.8, 4) is 0 Å². The van der Waals surface area contributed by atoms with Crippen molar-refractivity contribution in [2.45, 2.75) is 26.4 Å². The molecule has 0 saturated carbocycles. The van der Waals surface area contributed by atoms with Gasteiger partial charge in [-0.05, 0) is 50.6 Å². The van der Waals surface area contributed by atoms with Crippen LogP contribution in [0.1, 0.15) is 20.8 Å². The molecule has 0 radical (unpaired) electrons. The lowest BCUT2D eigenvalue weighted by molar-refractivity contribution is 0.0598. The van der Waals surface area contributed by atoms with Crippen LogP contribution >= 0.6 is 11.6 Å². The Labute approximate surface area is 159 Å². The van der Waals surface area contributed by atoms with E-state index in [1.54, 1.807) is 39.0 Å². The van der Waals surface area contributed by atoms with E-state index in [-0.39, 0.29) is 11.1 Å². The summed E-state index contributed by atoms with van der Waals surface area (Å²) in [6.07, 6.45) is 0.947. The second-order valence-corrected chi connectivity index (χ2v) is 6.92. The van der Waals surface area contributed by atoms with Crippen LogP contribution in [0.5, 0.6) is 0 Å². The second kappa shape index (κ2) is 6.84. The zero-order valence-corrected chi connectivity index (χ0v) is 15.5. The van der Waals surface area contributed by atoms with E-state index in [1.165, 1.54) is 23.4 Å². The summed E-state index contributed by atoms with van der Waals surface area (Å²) >= 11 is 5.87. The number of halogens is 1. The van der Waals surface area contributed by atoms with E-state index < -0.39 is 17.8 Å². The minimum atomic E-state index is -1.20. The van der Waals surface area contributed by atoms with Crippen LogP contribution in [0.2, 0.25) is 5.28 Å². The van der Waals surface area contributed by atoms with E-state index in [1.807, 2.05) is 0 Å². The summed E-state index contributed by atoms with van der Waals surface area (Å²) < 4.78 is 6.32. The normalized spacial score (nSPS) is 11.4. The quantitative estimate of drug-likeness (QED) is 0.657. The maximum absolute atomic E-state index is 12.8. The SMILES string of the molecule is CC(C)(C)OC(=O)N(c1ccc2c(cnn2C(=O)O)c1)c1ccnc(Cl)n1. The van der Waals surface area contributed by atoms with Crippen molar-refractivity contribution in [2.75, 3.05) is 4.90 Å². The highest BCUT2D eigenvalue weighted by molar-refractivity contribution is 6.28. The predicted molar refractivity (Wildman–Crippen MR) is 98.6 cm³/mol. The summed E-state index contributed by atoms with van der Waals surface area (Å²) in [7, 11) is 0. The average molecular weight is 390 g/mol. The molecule has 3 aromatic rings. The monoisotopic (exact) mass is 389 g/mol. The Morgan fingerprint density at radius 3 is 2.63 bits per heavy atom. The molecule has 0 fully saturated rings. The lowest BCUT2D eigenvalue weighted by Crippen LogP contribution is -2.34. The van der Waals surface area contributed by atoms with Gasteiger partial charge in [0, 0.05) is 17.6 Å². The third-order valence-corrected chi connectivity index (χ3v) is 3.59. The number of aromatic nitrogens is 4. The largest absolute Gasteiger partial charge is 0.463 e. The molecule has 3 rings (SSSR count). The van der Waals surface area contributed by atoms with Gasteiger partial charge >= 0.3 is 12.2 Å². The number of carboxylic acid groups (broad SMARTS) is 1. The van der Waals surface area contributed by atoms with Gasteiger partial charge < -0.3 is 9.84 Å². The average Bonchev–Trinajstić information content (AvgIpc) is 2.97. The van der Waals surface area contributed by atoms with Crippen LogP contribution in [0.4, 0.5) is 21.1 Å². The Morgan fingerprint density at radius 1 is 1.26 bits per heavy atom. The van der Waals surface area contributed by atoms with Crippen LogP contribution in [0.3, 0.4) is 0 Å². The number of nitrogens with zero attached hydrogens (tertiary/aromatic N) is 5. The molecule has 0 bridgehead atoms. The van der Waals surface area contributed by atoms with Gasteiger partial charge in [0.05, 0.1) is 17.4 Å². The molecule has 1 aromatic carbocycles. The van der Waals surface area contributed by atoms with Crippen molar-refractivity contribution in [3.63, 3.8) is 0 Å². The highest BCUT2D eigenvalue weighted by atomic mass is 35.5. The molecule has 27 heavy (non-hydrogen) atoms. The van der Waals surface area contributed by atoms with Gasteiger partial charge in [-0.2, -0.15) is 14.8 Å². The number of amides is 1. The molecule has 1 amide bonds. The molecule has 0 atom stereocenters. The Morgan fingerprint density at radius 2 is 2.00 bits per heavy atom. The number of fused-ring (bicyclic) bond motifs is 1. The Balaban J connectivity index is 2.11. The van der Waals surface area contributed by atoms with Crippen LogP contribution in [-0.2, 0) is 4.74 Å². The number of benzene rings is 1. The molecule has 0 saturated heterocycles. The maximum Gasteiger partial charge on any atom is 0.432 e. The zero-order chi connectivity index (χ0) is 19.8. The van der Waals surface area contributed by atoms with Crippen molar-refractivity contribution >= 4 is 46.2 Å². The van der Waals surface area contributed by atoms with Crippen LogP contribution in [0.25, 0.3) is 10.9 Å². The molecule has 0 aliphatic carbocycles. The number of hydrogen-bond donors (Lipinski definition) is 1. The fraction of sp³-hybridized carbons (Fsp3) is 0.235. The van der Waals surface area contributed by atoms with Crippen molar-refractivity contribution in [1.82, 2.24) is 19.7 Å². The first-order valence-electron chi connectivity index (χ1n) is 7.88. The number of anilines is 2. The minimum Gasteiger partial charge on any atom is -0.463 e. The summed E-state index contributed by atoms with van der Waals surface area (Å²) in [6.45, 7) is 5.24. The van der Waals surface area contributed by atoms with E-state index in [4.69, 9.17) is 21.4 Å². The smallest absolute Gasteiger partial charge is 0.432 e. The number of ether oxygens (including phenoxy) is 1. The van der Waals surface area contributed by atoms with Crippen molar-refractivity contribution in [3.05, 3.63) is 41.9 Å². The van der Waals surface area contributed by atoms with E-state index in [0.29, 0.717) is 16.6 Å². The lowest BCUT2D eigenvalue weighted by atomic mass is 10.2. The van der Waals surface area contributed by atoms with E-state index in [0.717, 1.165) is 4.68 Å². The van der Waals surface area contributed by atoms with Gasteiger partial charge in [-0.1, -0.05) is 0 Å². The van der Waals surface area contributed by atoms with Crippen molar-refractivity contribution in [2.24, 2.45) is 0 Å². The molecule has 9 nitrogen and oxygen atoms in total. The van der Waals surface area contributed by atoms with Crippen LogP contribution in [0.15, 0.2) is 36.7 Å². The molecule has 10 heteroatoms. The molecular weight excluding hydrogens is 374 g/mol. The minimum absolute atomic E-state index is 0.0270. The first-order valence-corrected chi connectivity index (χ1v) is 8.26. The maximum atomic E-state index is 12.8. The van der Waals surface area contributed by atoms with Crippen LogP contribution < -0.4 is 4.90 Å². The Kier molecular flexibility index (Phi) is 4.71. The summed E-state index contributed by atoms with van der Waals surface area (Å²) in [5, 5.41) is 13.5. The van der Waals surface area contributed by atoms with Crippen LogP contribution in [0, 0.1) is 0 Å². The Bertz CT molecular complexity index is 1030. The first-order chi connectivity index (χ1) is 12.7. The third-order valence-electron chi connectivity index (χ3n) is 3.41. The molecule has 0 unspecified atom stereocenters. The van der Waals surface area contributed by atoms with Gasteiger partial charge in [0.2, 0.25) is 5.28 Å². The van der Waals surface area contributed by atoms with E-state index in [9.17, 15) is 9.59 Å². The fourth-order valence-corrected chi connectivity index (χ4v) is 2.54. The molecule has 0 aliphatic rings. The Hall–Kier alpha value is -3.20. The molecule has 1 N–H and O–H groups in total. The standard InChI is InChI=1S/C17H16ClN5O4/c1-17(2,3)27-16(26)22(13-6-7-19-14(18)21-13)11-4-5-12-10(8-11)9-20-23(12)15(24)25/h4-9H,1-3H3,(H,24,25). The summed E-state index contributed by atoms with van der Waals surface area (Å²) in [5.74, 6) is 0.217. The number of carbonyl (C=O) groups is 2. The van der Waals surface area contributed by atoms with Gasteiger partial charge in [0.25, 0.3) is 0 Å². The van der Waals surface area contributed by atoms with E-state index in [2.05, 4.69) is 15.1 Å². The van der Waals surface area contributed by atoms with Crippen molar-refractivity contribution < 1.29 is 19.4 Å². The molecule has 2 heterocycles. The van der Waals surface area contributed by atoms with Gasteiger partial charge in [-0.25, -0.2) is 19.5 Å². The third kappa shape index (κ3) is 3.98.